The highest BCUT2D eigenvalue weighted by Gasteiger charge is 2.41. The number of amides is 1. The number of ether oxygens (including phenoxy) is 1. The molecule has 3 N–H and O–H groups in total. The third-order valence-corrected chi connectivity index (χ3v) is 8.43. The van der Waals surface area contributed by atoms with Crippen molar-refractivity contribution in [2.24, 2.45) is 0 Å². The van der Waals surface area contributed by atoms with E-state index in [2.05, 4.69) is 42.8 Å². The van der Waals surface area contributed by atoms with Crippen molar-refractivity contribution in [1.82, 2.24) is 20.1 Å². The van der Waals surface area contributed by atoms with Crippen LogP contribution < -0.4 is 10.2 Å². The predicted molar refractivity (Wildman–Crippen MR) is 167 cm³/mol. The Morgan fingerprint density at radius 1 is 1.20 bits per heavy atom. The van der Waals surface area contributed by atoms with Gasteiger partial charge in [-0.25, -0.2) is 4.39 Å². The summed E-state index contributed by atoms with van der Waals surface area (Å²) in [5, 5.41) is 13.7. The van der Waals surface area contributed by atoms with Gasteiger partial charge in [0.1, 0.15) is 5.82 Å². The first-order valence-electron chi connectivity index (χ1n) is 15.0. The molecule has 2 fully saturated rings. The van der Waals surface area contributed by atoms with Crippen LogP contribution in [0.2, 0.25) is 0 Å². The minimum absolute atomic E-state index is 0.0715. The summed E-state index contributed by atoms with van der Waals surface area (Å²) in [7, 11) is -3.67. The van der Waals surface area contributed by atoms with Gasteiger partial charge in [-0.05, 0) is 49.6 Å². The summed E-state index contributed by atoms with van der Waals surface area (Å²) < 4.78 is 45.0. The molecule has 3 aliphatic rings. The lowest BCUT2D eigenvalue weighted by Crippen LogP contribution is -2.62. The highest BCUT2D eigenvalue weighted by molar-refractivity contribution is 7.85. The van der Waals surface area contributed by atoms with Crippen molar-refractivity contribution >= 4 is 21.7 Å². The molecule has 0 radical (unpaired) electrons. The molecule has 4 heterocycles. The minimum atomic E-state index is -3.67. The lowest BCUT2D eigenvalue weighted by Gasteiger charge is -2.43. The SMILES string of the molecule is CS(=O)(=O)O.C[C@@H]1CN(CC(=O)N2CC(C)(C)c3nc(CO)c(Cc4ccc(F)cc4)cc32)[C@@H](CN2CCOC[C@H]2C)CN1. The van der Waals surface area contributed by atoms with Gasteiger partial charge in [0, 0.05) is 56.3 Å². The Kier molecular flexibility index (Phi) is 11.1. The fraction of sp³-hybridized carbons (Fsp3) is 0.613. The summed E-state index contributed by atoms with van der Waals surface area (Å²) in [5.41, 5.74) is 3.72. The summed E-state index contributed by atoms with van der Waals surface area (Å²) >= 11 is 0. The number of nitrogens with one attached hydrogen (secondary N) is 1. The van der Waals surface area contributed by atoms with Crippen LogP contribution in [-0.4, -0.2) is 116 Å². The van der Waals surface area contributed by atoms with Gasteiger partial charge in [-0.1, -0.05) is 26.0 Å². The number of anilines is 1. The second-order valence-electron chi connectivity index (χ2n) is 12.8. The maximum Gasteiger partial charge on any atom is 0.261 e. The molecule has 11 nitrogen and oxygen atoms in total. The zero-order valence-electron chi connectivity index (χ0n) is 26.3. The molecule has 44 heavy (non-hydrogen) atoms. The molecule has 1 amide bonds. The number of aliphatic hydroxyl groups excluding tert-OH is 1. The maximum absolute atomic E-state index is 13.9. The number of pyridine rings is 1. The van der Waals surface area contributed by atoms with E-state index in [0.717, 1.165) is 61.9 Å². The van der Waals surface area contributed by atoms with E-state index in [1.165, 1.54) is 12.1 Å². The number of aliphatic hydroxyl groups is 1. The number of benzene rings is 1. The normalized spacial score (nSPS) is 24.0. The van der Waals surface area contributed by atoms with E-state index in [1.54, 1.807) is 12.1 Å². The molecule has 244 valence electrons. The molecule has 2 saturated heterocycles. The first-order chi connectivity index (χ1) is 20.6. The second-order valence-corrected chi connectivity index (χ2v) is 14.3. The number of morpholine rings is 1. The molecular weight excluding hydrogens is 589 g/mol. The number of aromatic nitrogens is 1. The van der Waals surface area contributed by atoms with Gasteiger partial charge >= 0.3 is 0 Å². The predicted octanol–water partition coefficient (Wildman–Crippen LogP) is 1.82. The third kappa shape index (κ3) is 9.03. The van der Waals surface area contributed by atoms with Crippen molar-refractivity contribution in [2.75, 3.05) is 63.6 Å². The Hall–Kier alpha value is -2.52. The van der Waals surface area contributed by atoms with Gasteiger partial charge in [0.05, 0.1) is 49.7 Å². The number of rotatable bonds is 7. The van der Waals surface area contributed by atoms with Gasteiger partial charge in [-0.15, -0.1) is 0 Å². The van der Waals surface area contributed by atoms with E-state index >= 15 is 0 Å². The second kappa shape index (κ2) is 14.3. The molecule has 3 aliphatic heterocycles. The van der Waals surface area contributed by atoms with Crippen LogP contribution in [0.1, 0.15) is 50.2 Å². The highest BCUT2D eigenvalue weighted by atomic mass is 32.2. The lowest BCUT2D eigenvalue weighted by molar-refractivity contribution is -0.121. The molecule has 0 aliphatic carbocycles. The number of carbonyl (C=O) groups is 1. The first kappa shape index (κ1) is 34.4. The summed E-state index contributed by atoms with van der Waals surface area (Å²) in [4.78, 5) is 25.5. The van der Waals surface area contributed by atoms with Gasteiger partial charge in [0.25, 0.3) is 10.1 Å². The van der Waals surface area contributed by atoms with E-state index in [-0.39, 0.29) is 29.8 Å². The van der Waals surface area contributed by atoms with Crippen molar-refractivity contribution in [3.63, 3.8) is 0 Å². The average molecular weight is 636 g/mol. The van der Waals surface area contributed by atoms with Gasteiger partial charge in [-0.3, -0.25) is 24.1 Å². The molecule has 3 atom stereocenters. The fourth-order valence-electron chi connectivity index (χ4n) is 6.14. The van der Waals surface area contributed by atoms with E-state index in [0.29, 0.717) is 43.5 Å². The quantitative estimate of drug-likeness (QED) is 0.387. The van der Waals surface area contributed by atoms with Gasteiger partial charge in [0.2, 0.25) is 5.91 Å². The van der Waals surface area contributed by atoms with Crippen LogP contribution in [0.3, 0.4) is 0 Å². The van der Waals surface area contributed by atoms with Crippen molar-refractivity contribution in [3.05, 3.63) is 58.7 Å². The van der Waals surface area contributed by atoms with E-state index in [4.69, 9.17) is 14.3 Å². The fourth-order valence-corrected chi connectivity index (χ4v) is 6.14. The zero-order chi connectivity index (χ0) is 32.2. The summed E-state index contributed by atoms with van der Waals surface area (Å²) in [6.07, 6.45) is 1.22. The third-order valence-electron chi connectivity index (χ3n) is 8.43. The molecule has 5 rings (SSSR count). The van der Waals surface area contributed by atoms with Crippen LogP contribution in [-0.2, 0) is 38.1 Å². The van der Waals surface area contributed by atoms with E-state index < -0.39 is 10.1 Å². The Morgan fingerprint density at radius 2 is 1.89 bits per heavy atom. The van der Waals surface area contributed by atoms with Crippen LogP contribution in [0.4, 0.5) is 10.1 Å². The number of hydrogen-bond donors (Lipinski definition) is 3. The maximum atomic E-state index is 13.9. The van der Waals surface area contributed by atoms with Gasteiger partial charge in [0.15, 0.2) is 0 Å². The van der Waals surface area contributed by atoms with Crippen molar-refractivity contribution in [1.29, 1.82) is 0 Å². The van der Waals surface area contributed by atoms with E-state index in [1.807, 2.05) is 11.0 Å². The topological polar surface area (TPSA) is 136 Å². The van der Waals surface area contributed by atoms with Crippen LogP contribution in [0.15, 0.2) is 30.3 Å². The Morgan fingerprint density at radius 3 is 2.52 bits per heavy atom. The van der Waals surface area contributed by atoms with Crippen LogP contribution in [0.5, 0.6) is 0 Å². The van der Waals surface area contributed by atoms with Crippen molar-refractivity contribution in [3.8, 4) is 0 Å². The first-order valence-corrected chi connectivity index (χ1v) is 16.9. The lowest BCUT2D eigenvalue weighted by atomic mass is 9.90. The number of carbonyl (C=O) groups excluding carboxylic acids is 1. The number of nitrogens with zero attached hydrogens (tertiary/aromatic N) is 4. The number of hydrogen-bond acceptors (Lipinski definition) is 9. The van der Waals surface area contributed by atoms with Crippen LogP contribution >= 0.6 is 0 Å². The number of fused-ring (bicyclic) bond motifs is 1. The summed E-state index contributed by atoms with van der Waals surface area (Å²) in [6.45, 7) is 14.3. The molecule has 1 aromatic heterocycles. The van der Waals surface area contributed by atoms with Gasteiger partial charge < -0.3 is 20.1 Å². The monoisotopic (exact) mass is 635 g/mol. The summed E-state index contributed by atoms with van der Waals surface area (Å²) in [5.74, 6) is -0.211. The molecule has 13 heteroatoms. The number of halogens is 1. The standard InChI is InChI=1S/C30H42FN5O3.CH4O3S/c1-20-14-35(25(13-32-20)15-34-9-10-39-18-21(34)2)16-28(38)36-19-30(3,4)29-27(36)12-23(26(17-37)33-29)11-22-5-7-24(31)8-6-22;1-5(2,3)4/h5-8,12,20-21,25,32,37H,9-11,13-19H2,1-4H3;1H3,(H,2,3,4)/t20-,21-,25-;/m1./s1. The average Bonchev–Trinajstić information content (AvgIpc) is 3.20. The van der Waals surface area contributed by atoms with Crippen molar-refractivity contribution < 1.29 is 32.0 Å². The summed E-state index contributed by atoms with van der Waals surface area (Å²) in [6, 6.07) is 9.31. The molecule has 0 bridgehead atoms. The van der Waals surface area contributed by atoms with Gasteiger partial charge in [-0.2, -0.15) is 8.42 Å². The minimum Gasteiger partial charge on any atom is -0.390 e. The molecule has 0 unspecified atom stereocenters. The molecular formula is C31H46FN5O6S. The van der Waals surface area contributed by atoms with E-state index in [9.17, 15) is 22.7 Å². The Bertz CT molecular complexity index is 1400. The zero-order valence-corrected chi connectivity index (χ0v) is 27.1. The molecule has 2 aromatic rings. The molecule has 0 saturated carbocycles. The molecule has 1 aromatic carbocycles. The highest BCUT2D eigenvalue weighted by Crippen LogP contribution is 2.41. The Balaban J connectivity index is 0.000000818. The van der Waals surface area contributed by atoms with Crippen molar-refractivity contribution in [2.45, 2.75) is 64.3 Å². The van der Waals surface area contributed by atoms with Crippen LogP contribution in [0.25, 0.3) is 0 Å². The Labute approximate surface area is 260 Å². The largest absolute Gasteiger partial charge is 0.390 e. The molecule has 0 spiro atoms. The number of piperazine rings is 1. The smallest absolute Gasteiger partial charge is 0.261 e. The van der Waals surface area contributed by atoms with Crippen LogP contribution in [0, 0.1) is 5.82 Å².